The van der Waals surface area contributed by atoms with Crippen molar-refractivity contribution in [3.8, 4) is 0 Å². The van der Waals surface area contributed by atoms with Crippen LogP contribution in [0.3, 0.4) is 0 Å². The number of nitrogens with zero attached hydrogens (tertiary/aromatic N) is 1. The van der Waals surface area contributed by atoms with Crippen LogP contribution in [0.5, 0.6) is 0 Å². The SMILES string of the molecule is O=C(O)C1C2C=CC(CC2)C1C(=O)NCCCN1CCCC1=O. The van der Waals surface area contributed by atoms with Gasteiger partial charge in [0.2, 0.25) is 11.8 Å². The summed E-state index contributed by atoms with van der Waals surface area (Å²) in [5.74, 6) is -1.85. The number of carbonyl (C=O) groups is 3. The predicted octanol–water partition coefficient (Wildman–Crippen LogP) is 1.03. The second kappa shape index (κ2) is 6.72. The molecule has 4 unspecified atom stereocenters. The molecule has 6 nitrogen and oxygen atoms in total. The van der Waals surface area contributed by atoms with Crippen LogP contribution in [0.1, 0.15) is 32.1 Å². The van der Waals surface area contributed by atoms with Gasteiger partial charge in [0.15, 0.2) is 0 Å². The summed E-state index contributed by atoms with van der Waals surface area (Å²) in [6.45, 7) is 1.97. The molecule has 4 aliphatic rings. The molecule has 6 heteroatoms. The van der Waals surface area contributed by atoms with Crippen LogP contribution in [0.25, 0.3) is 0 Å². The minimum Gasteiger partial charge on any atom is -0.481 e. The number of carboxylic acid groups (broad SMARTS) is 1. The molecule has 1 saturated heterocycles. The van der Waals surface area contributed by atoms with E-state index < -0.39 is 17.8 Å². The number of nitrogens with one attached hydrogen (secondary N) is 1. The summed E-state index contributed by atoms with van der Waals surface area (Å²) in [5.41, 5.74) is 0. The van der Waals surface area contributed by atoms with Crippen molar-refractivity contribution in [3.05, 3.63) is 12.2 Å². The van der Waals surface area contributed by atoms with Gasteiger partial charge in [0.1, 0.15) is 0 Å². The maximum atomic E-state index is 12.5. The molecular formula is C17H24N2O4. The van der Waals surface area contributed by atoms with E-state index in [2.05, 4.69) is 5.32 Å². The molecule has 0 aromatic rings. The molecule has 2 amide bonds. The number of rotatable bonds is 6. The Hall–Kier alpha value is -1.85. The van der Waals surface area contributed by atoms with Gasteiger partial charge < -0.3 is 15.3 Å². The van der Waals surface area contributed by atoms with Crippen LogP contribution >= 0.6 is 0 Å². The molecule has 3 aliphatic carbocycles. The van der Waals surface area contributed by atoms with E-state index in [0.717, 1.165) is 25.8 Å². The Morgan fingerprint density at radius 2 is 1.91 bits per heavy atom. The Balaban J connectivity index is 1.50. The molecule has 1 saturated carbocycles. The second-order valence-electron chi connectivity index (χ2n) is 6.81. The molecule has 2 fully saturated rings. The largest absolute Gasteiger partial charge is 0.481 e. The highest BCUT2D eigenvalue weighted by molar-refractivity contribution is 5.86. The zero-order valence-electron chi connectivity index (χ0n) is 13.2. The van der Waals surface area contributed by atoms with Crippen LogP contribution in [0, 0.1) is 23.7 Å². The van der Waals surface area contributed by atoms with Crippen LogP contribution in [-0.4, -0.2) is 47.4 Å². The van der Waals surface area contributed by atoms with Crippen molar-refractivity contribution in [1.82, 2.24) is 10.2 Å². The summed E-state index contributed by atoms with van der Waals surface area (Å²) in [4.78, 5) is 37.4. The smallest absolute Gasteiger partial charge is 0.307 e. The van der Waals surface area contributed by atoms with Gasteiger partial charge in [0, 0.05) is 26.1 Å². The van der Waals surface area contributed by atoms with Gasteiger partial charge in [-0.2, -0.15) is 0 Å². The Labute approximate surface area is 135 Å². The summed E-state index contributed by atoms with van der Waals surface area (Å²) in [6.07, 6.45) is 8.00. The van der Waals surface area contributed by atoms with E-state index >= 15 is 0 Å². The number of fused-ring (bicyclic) bond motifs is 2. The Morgan fingerprint density at radius 3 is 2.48 bits per heavy atom. The first-order chi connectivity index (χ1) is 11.1. The molecule has 1 heterocycles. The molecule has 0 aromatic carbocycles. The number of hydrogen-bond donors (Lipinski definition) is 2. The van der Waals surface area contributed by atoms with Crippen LogP contribution in [0.4, 0.5) is 0 Å². The molecule has 23 heavy (non-hydrogen) atoms. The Morgan fingerprint density at radius 1 is 1.22 bits per heavy atom. The summed E-state index contributed by atoms with van der Waals surface area (Å²) in [7, 11) is 0. The lowest BCUT2D eigenvalue weighted by Crippen LogP contribution is -2.49. The van der Waals surface area contributed by atoms with Crippen molar-refractivity contribution in [1.29, 1.82) is 0 Å². The van der Waals surface area contributed by atoms with Crippen LogP contribution in [0.2, 0.25) is 0 Å². The van der Waals surface area contributed by atoms with E-state index in [9.17, 15) is 19.5 Å². The highest BCUT2D eigenvalue weighted by Gasteiger charge is 2.47. The fraction of sp³-hybridized carbons (Fsp3) is 0.706. The second-order valence-corrected chi connectivity index (χ2v) is 6.81. The quantitative estimate of drug-likeness (QED) is 0.565. The van der Waals surface area contributed by atoms with Crippen molar-refractivity contribution < 1.29 is 19.5 Å². The average molecular weight is 320 g/mol. The third kappa shape index (κ3) is 3.26. The number of carboxylic acids is 1. The topological polar surface area (TPSA) is 86.7 Å². The fourth-order valence-electron chi connectivity index (χ4n) is 4.23. The van der Waals surface area contributed by atoms with E-state index in [0.29, 0.717) is 25.9 Å². The van der Waals surface area contributed by atoms with E-state index in [-0.39, 0.29) is 23.7 Å². The Bertz CT molecular complexity index is 531. The lowest BCUT2D eigenvalue weighted by Gasteiger charge is -2.41. The molecule has 2 N–H and O–H groups in total. The molecule has 4 rings (SSSR count). The monoisotopic (exact) mass is 320 g/mol. The van der Waals surface area contributed by atoms with E-state index in [1.807, 2.05) is 17.1 Å². The van der Waals surface area contributed by atoms with Gasteiger partial charge in [0.05, 0.1) is 11.8 Å². The van der Waals surface area contributed by atoms with Crippen LogP contribution in [0.15, 0.2) is 12.2 Å². The van der Waals surface area contributed by atoms with E-state index in [1.165, 1.54) is 0 Å². The summed E-state index contributed by atoms with van der Waals surface area (Å²) in [5, 5.41) is 12.4. The Kier molecular flexibility index (Phi) is 4.68. The van der Waals surface area contributed by atoms with Crippen molar-refractivity contribution in [2.45, 2.75) is 32.1 Å². The molecule has 2 bridgehead atoms. The highest BCUT2D eigenvalue weighted by Crippen LogP contribution is 2.45. The maximum Gasteiger partial charge on any atom is 0.307 e. The van der Waals surface area contributed by atoms with Gasteiger partial charge in [-0.15, -0.1) is 0 Å². The first-order valence-corrected chi connectivity index (χ1v) is 8.54. The minimum atomic E-state index is -0.869. The lowest BCUT2D eigenvalue weighted by molar-refractivity contribution is -0.153. The molecule has 0 radical (unpaired) electrons. The van der Waals surface area contributed by atoms with Gasteiger partial charge >= 0.3 is 5.97 Å². The maximum absolute atomic E-state index is 12.5. The summed E-state index contributed by atoms with van der Waals surface area (Å²) >= 11 is 0. The number of aliphatic carboxylic acids is 1. The number of allylic oxidation sites excluding steroid dienone is 2. The van der Waals surface area contributed by atoms with E-state index in [1.54, 1.807) is 0 Å². The predicted molar refractivity (Wildman–Crippen MR) is 83.4 cm³/mol. The minimum absolute atomic E-state index is 0.0181. The number of hydrogen-bond acceptors (Lipinski definition) is 3. The zero-order valence-corrected chi connectivity index (χ0v) is 13.2. The fourth-order valence-corrected chi connectivity index (χ4v) is 4.23. The molecule has 0 spiro atoms. The molecule has 1 aliphatic heterocycles. The molecular weight excluding hydrogens is 296 g/mol. The first kappa shape index (κ1) is 16.0. The van der Waals surface area contributed by atoms with Crippen molar-refractivity contribution >= 4 is 17.8 Å². The lowest BCUT2D eigenvalue weighted by atomic mass is 9.62. The van der Waals surface area contributed by atoms with Crippen LogP contribution in [-0.2, 0) is 14.4 Å². The van der Waals surface area contributed by atoms with Gasteiger partial charge in [-0.05, 0) is 37.5 Å². The first-order valence-electron chi connectivity index (χ1n) is 8.54. The molecule has 126 valence electrons. The third-order valence-electron chi connectivity index (χ3n) is 5.41. The summed E-state index contributed by atoms with van der Waals surface area (Å²) in [6, 6.07) is 0. The standard InChI is InChI=1S/C17H24N2O4/c20-13-3-1-9-19(13)10-2-8-18-16(21)14-11-4-6-12(7-5-11)15(14)17(22)23/h4,6,11-12,14-15H,1-3,5,7-10H2,(H,18,21)(H,22,23). The molecule has 4 atom stereocenters. The van der Waals surface area contributed by atoms with Crippen molar-refractivity contribution in [2.75, 3.05) is 19.6 Å². The third-order valence-corrected chi connectivity index (χ3v) is 5.41. The van der Waals surface area contributed by atoms with Gasteiger partial charge in [-0.25, -0.2) is 0 Å². The zero-order chi connectivity index (χ0) is 16.4. The van der Waals surface area contributed by atoms with Crippen LogP contribution < -0.4 is 5.32 Å². The van der Waals surface area contributed by atoms with Gasteiger partial charge in [-0.3, -0.25) is 14.4 Å². The van der Waals surface area contributed by atoms with Crippen molar-refractivity contribution in [3.63, 3.8) is 0 Å². The highest BCUT2D eigenvalue weighted by atomic mass is 16.4. The number of carbonyl (C=O) groups excluding carboxylic acids is 2. The summed E-state index contributed by atoms with van der Waals surface area (Å²) < 4.78 is 0. The van der Waals surface area contributed by atoms with Gasteiger partial charge in [-0.1, -0.05) is 12.2 Å². The van der Waals surface area contributed by atoms with Gasteiger partial charge in [0.25, 0.3) is 0 Å². The van der Waals surface area contributed by atoms with Crippen molar-refractivity contribution in [2.24, 2.45) is 23.7 Å². The number of likely N-dealkylation sites (tertiary alicyclic amines) is 1. The average Bonchev–Trinajstić information content (AvgIpc) is 2.96. The molecule has 0 aromatic heterocycles. The normalized spacial score (nSPS) is 32.3. The number of amides is 2. The van der Waals surface area contributed by atoms with E-state index in [4.69, 9.17) is 0 Å².